The first kappa shape index (κ1) is 14.3. The molecule has 1 aliphatic heterocycles. The molecule has 0 aromatic rings. The fraction of sp³-hybridized carbons (Fsp3) is 1.00. The van der Waals surface area contributed by atoms with Crippen molar-refractivity contribution in [3.05, 3.63) is 0 Å². The molecular weight excluding hydrogens is 218 g/mol. The summed E-state index contributed by atoms with van der Waals surface area (Å²) < 4.78 is 5.50. The molecule has 3 heteroatoms. The van der Waals surface area contributed by atoms with Crippen LogP contribution in [-0.2, 0) is 4.74 Å². The Kier molecular flexibility index (Phi) is 8.34. The summed E-state index contributed by atoms with van der Waals surface area (Å²) >= 11 is 2.11. The van der Waals surface area contributed by atoms with E-state index in [0.29, 0.717) is 6.04 Å². The largest absolute Gasteiger partial charge is 0.381 e. The van der Waals surface area contributed by atoms with Crippen LogP contribution in [0.1, 0.15) is 39.5 Å². The molecule has 0 aromatic carbocycles. The van der Waals surface area contributed by atoms with Crippen LogP contribution >= 0.6 is 11.8 Å². The summed E-state index contributed by atoms with van der Waals surface area (Å²) in [6.45, 7) is 7.58. The second-order valence-corrected chi connectivity index (χ2v) is 5.76. The maximum absolute atomic E-state index is 5.50. The quantitative estimate of drug-likeness (QED) is 0.631. The van der Waals surface area contributed by atoms with Crippen molar-refractivity contribution in [2.75, 3.05) is 31.3 Å². The van der Waals surface area contributed by atoms with Crippen LogP contribution in [-0.4, -0.2) is 37.3 Å². The highest BCUT2D eigenvalue weighted by Gasteiger charge is 2.24. The van der Waals surface area contributed by atoms with Crippen molar-refractivity contribution in [1.29, 1.82) is 0 Å². The SMILES string of the molecule is CCCCSCC(NCCC)C1CCOC1. The average Bonchev–Trinajstić information content (AvgIpc) is 2.82. The highest BCUT2D eigenvalue weighted by molar-refractivity contribution is 7.99. The van der Waals surface area contributed by atoms with Crippen molar-refractivity contribution < 1.29 is 4.74 Å². The van der Waals surface area contributed by atoms with Gasteiger partial charge >= 0.3 is 0 Å². The third-order valence-electron chi connectivity index (χ3n) is 3.13. The molecule has 96 valence electrons. The van der Waals surface area contributed by atoms with Crippen molar-refractivity contribution in [2.45, 2.75) is 45.6 Å². The van der Waals surface area contributed by atoms with Crippen LogP contribution in [0.3, 0.4) is 0 Å². The van der Waals surface area contributed by atoms with Crippen molar-refractivity contribution >= 4 is 11.8 Å². The lowest BCUT2D eigenvalue weighted by atomic mass is 10.0. The summed E-state index contributed by atoms with van der Waals surface area (Å²) in [6.07, 6.45) is 5.14. The maximum Gasteiger partial charge on any atom is 0.0510 e. The van der Waals surface area contributed by atoms with E-state index in [1.807, 2.05) is 0 Å². The smallest absolute Gasteiger partial charge is 0.0510 e. The molecule has 0 aliphatic carbocycles. The molecule has 0 radical (unpaired) electrons. The molecule has 0 bridgehead atoms. The third-order valence-corrected chi connectivity index (χ3v) is 4.30. The molecule has 2 atom stereocenters. The molecule has 0 aromatic heterocycles. The van der Waals surface area contributed by atoms with E-state index in [1.165, 1.54) is 37.2 Å². The lowest BCUT2D eigenvalue weighted by molar-refractivity contribution is 0.179. The number of hydrogen-bond acceptors (Lipinski definition) is 3. The Bertz CT molecular complexity index is 160. The molecule has 1 rings (SSSR count). The van der Waals surface area contributed by atoms with Crippen molar-refractivity contribution in [1.82, 2.24) is 5.32 Å². The molecule has 2 nitrogen and oxygen atoms in total. The van der Waals surface area contributed by atoms with Crippen LogP contribution in [0.25, 0.3) is 0 Å². The van der Waals surface area contributed by atoms with Crippen LogP contribution in [0, 0.1) is 5.92 Å². The van der Waals surface area contributed by atoms with E-state index in [0.717, 1.165) is 25.7 Å². The van der Waals surface area contributed by atoms with Gasteiger partial charge in [0.05, 0.1) is 6.61 Å². The van der Waals surface area contributed by atoms with E-state index in [9.17, 15) is 0 Å². The van der Waals surface area contributed by atoms with Gasteiger partial charge in [-0.15, -0.1) is 0 Å². The van der Waals surface area contributed by atoms with Gasteiger partial charge in [-0.05, 0) is 31.6 Å². The van der Waals surface area contributed by atoms with E-state index < -0.39 is 0 Å². The fourth-order valence-electron chi connectivity index (χ4n) is 2.02. The molecule has 0 saturated carbocycles. The first-order valence-electron chi connectivity index (χ1n) is 6.77. The van der Waals surface area contributed by atoms with E-state index in [2.05, 4.69) is 30.9 Å². The predicted molar refractivity (Wildman–Crippen MR) is 73.2 cm³/mol. The van der Waals surface area contributed by atoms with Crippen molar-refractivity contribution in [3.63, 3.8) is 0 Å². The molecule has 16 heavy (non-hydrogen) atoms. The third kappa shape index (κ3) is 5.55. The Labute approximate surface area is 105 Å². The number of hydrogen-bond donors (Lipinski definition) is 1. The van der Waals surface area contributed by atoms with Crippen LogP contribution in [0.2, 0.25) is 0 Å². The average molecular weight is 245 g/mol. The first-order valence-corrected chi connectivity index (χ1v) is 7.92. The molecule has 1 heterocycles. The van der Waals surface area contributed by atoms with Gasteiger partial charge in [0.1, 0.15) is 0 Å². The Hall–Kier alpha value is 0.270. The van der Waals surface area contributed by atoms with Crippen LogP contribution in [0.15, 0.2) is 0 Å². The lowest BCUT2D eigenvalue weighted by Crippen LogP contribution is -2.39. The van der Waals surface area contributed by atoms with Crippen molar-refractivity contribution in [2.24, 2.45) is 5.92 Å². The molecule has 1 aliphatic rings. The van der Waals surface area contributed by atoms with E-state index in [4.69, 9.17) is 4.74 Å². The normalized spacial score (nSPS) is 22.5. The number of ether oxygens (including phenoxy) is 1. The zero-order valence-electron chi connectivity index (χ0n) is 10.8. The van der Waals surface area contributed by atoms with Gasteiger partial charge in [0.15, 0.2) is 0 Å². The van der Waals surface area contributed by atoms with Crippen LogP contribution in [0.4, 0.5) is 0 Å². The molecular formula is C13H27NOS. The van der Waals surface area contributed by atoms with Gasteiger partial charge < -0.3 is 10.1 Å². The second-order valence-electron chi connectivity index (χ2n) is 4.61. The van der Waals surface area contributed by atoms with Gasteiger partial charge in [0.25, 0.3) is 0 Å². The molecule has 1 saturated heterocycles. The zero-order valence-corrected chi connectivity index (χ0v) is 11.7. The predicted octanol–water partition coefficient (Wildman–Crippen LogP) is 2.92. The van der Waals surface area contributed by atoms with E-state index >= 15 is 0 Å². The van der Waals surface area contributed by atoms with Gasteiger partial charge in [-0.3, -0.25) is 0 Å². The van der Waals surface area contributed by atoms with Crippen molar-refractivity contribution in [3.8, 4) is 0 Å². The van der Waals surface area contributed by atoms with E-state index in [1.54, 1.807) is 0 Å². The Morgan fingerprint density at radius 2 is 2.25 bits per heavy atom. The van der Waals surface area contributed by atoms with Gasteiger partial charge in [-0.1, -0.05) is 20.3 Å². The monoisotopic (exact) mass is 245 g/mol. The van der Waals surface area contributed by atoms with Crippen LogP contribution in [0.5, 0.6) is 0 Å². The summed E-state index contributed by atoms with van der Waals surface area (Å²) in [5, 5.41) is 3.69. The molecule has 0 spiro atoms. The molecule has 0 amide bonds. The highest BCUT2D eigenvalue weighted by Crippen LogP contribution is 2.20. The van der Waals surface area contributed by atoms with Gasteiger partial charge in [0, 0.05) is 24.3 Å². The maximum atomic E-state index is 5.50. The first-order chi connectivity index (χ1) is 7.88. The summed E-state index contributed by atoms with van der Waals surface area (Å²) in [5.74, 6) is 3.32. The molecule has 1 N–H and O–H groups in total. The van der Waals surface area contributed by atoms with Gasteiger partial charge in [-0.25, -0.2) is 0 Å². The number of thioether (sulfide) groups is 1. The minimum atomic E-state index is 0.671. The minimum Gasteiger partial charge on any atom is -0.381 e. The summed E-state index contributed by atoms with van der Waals surface area (Å²) in [6, 6.07) is 0.671. The fourth-order valence-corrected chi connectivity index (χ4v) is 3.32. The Balaban J connectivity index is 2.19. The molecule has 2 unspecified atom stereocenters. The number of unbranched alkanes of at least 4 members (excludes halogenated alkanes) is 1. The Morgan fingerprint density at radius 3 is 2.88 bits per heavy atom. The minimum absolute atomic E-state index is 0.671. The lowest BCUT2D eigenvalue weighted by Gasteiger charge is -2.23. The Morgan fingerprint density at radius 1 is 1.38 bits per heavy atom. The highest BCUT2D eigenvalue weighted by atomic mass is 32.2. The second kappa shape index (κ2) is 9.32. The van der Waals surface area contributed by atoms with E-state index in [-0.39, 0.29) is 0 Å². The van der Waals surface area contributed by atoms with Gasteiger partial charge in [0.2, 0.25) is 0 Å². The van der Waals surface area contributed by atoms with Gasteiger partial charge in [-0.2, -0.15) is 11.8 Å². The topological polar surface area (TPSA) is 21.3 Å². The molecule has 1 fully saturated rings. The number of rotatable bonds is 9. The number of nitrogens with one attached hydrogen (secondary N) is 1. The summed E-state index contributed by atoms with van der Waals surface area (Å²) in [4.78, 5) is 0. The van der Waals surface area contributed by atoms with Crippen LogP contribution < -0.4 is 5.32 Å². The zero-order chi connectivity index (χ0) is 11.6. The summed E-state index contributed by atoms with van der Waals surface area (Å²) in [5.41, 5.74) is 0. The standard InChI is InChI=1S/C13H27NOS/c1-3-5-9-16-11-13(14-7-4-2)12-6-8-15-10-12/h12-14H,3-11H2,1-2H3. The summed E-state index contributed by atoms with van der Waals surface area (Å²) in [7, 11) is 0.